The van der Waals surface area contributed by atoms with Crippen LogP contribution in [0.2, 0.25) is 0 Å². The minimum Gasteiger partial charge on any atom is -0.394 e. The summed E-state index contributed by atoms with van der Waals surface area (Å²) in [4.78, 5) is 1.97. The molecule has 102 valence electrons. The molecule has 0 fully saturated rings. The van der Waals surface area contributed by atoms with Crippen LogP contribution in [0.5, 0.6) is 0 Å². The van der Waals surface area contributed by atoms with E-state index in [1.165, 1.54) is 12.1 Å². The highest BCUT2D eigenvalue weighted by molar-refractivity contribution is 5.26. The van der Waals surface area contributed by atoms with E-state index < -0.39 is 17.2 Å². The lowest BCUT2D eigenvalue weighted by Crippen LogP contribution is -2.46. The highest BCUT2D eigenvalue weighted by Crippen LogP contribution is 2.24. The number of aliphatic hydroxyl groups excluding tert-OH is 1. The van der Waals surface area contributed by atoms with Gasteiger partial charge in [0.15, 0.2) is 11.6 Å². The molecule has 5 heteroatoms. The molecule has 0 aromatic heterocycles. The summed E-state index contributed by atoms with van der Waals surface area (Å²) in [7, 11) is 3.83. The van der Waals surface area contributed by atoms with Gasteiger partial charge in [0.25, 0.3) is 0 Å². The molecular formula is C13H20F2N2O. The minimum atomic E-state index is -0.984. The molecule has 0 aliphatic carbocycles. The molecular weight excluding hydrogens is 238 g/mol. The van der Waals surface area contributed by atoms with Gasteiger partial charge in [0.1, 0.15) is 0 Å². The van der Waals surface area contributed by atoms with Gasteiger partial charge in [0.05, 0.1) is 12.1 Å². The summed E-state index contributed by atoms with van der Waals surface area (Å²) in [6.45, 7) is 2.66. The molecule has 18 heavy (non-hydrogen) atoms. The Bertz CT molecular complexity index is 399. The van der Waals surface area contributed by atoms with E-state index in [1.54, 1.807) is 6.92 Å². The number of hydrogen-bond acceptors (Lipinski definition) is 3. The number of benzene rings is 1. The van der Waals surface area contributed by atoms with Gasteiger partial charge >= 0.3 is 0 Å². The molecule has 0 amide bonds. The molecule has 0 heterocycles. The fourth-order valence-corrected chi connectivity index (χ4v) is 1.72. The topological polar surface area (TPSA) is 35.5 Å². The van der Waals surface area contributed by atoms with E-state index in [0.29, 0.717) is 6.54 Å². The summed E-state index contributed by atoms with van der Waals surface area (Å²) in [5.41, 5.74) is -0.842. The van der Waals surface area contributed by atoms with Gasteiger partial charge in [-0.2, -0.15) is 0 Å². The van der Waals surface area contributed by atoms with Crippen LogP contribution in [-0.2, 0) is 5.54 Å². The molecule has 1 atom stereocenters. The first-order valence-corrected chi connectivity index (χ1v) is 5.86. The quantitative estimate of drug-likeness (QED) is 0.808. The lowest BCUT2D eigenvalue weighted by Gasteiger charge is -2.30. The molecule has 2 N–H and O–H groups in total. The molecule has 1 aromatic carbocycles. The smallest absolute Gasteiger partial charge is 0.163 e. The zero-order chi connectivity index (χ0) is 13.8. The van der Waals surface area contributed by atoms with Gasteiger partial charge < -0.3 is 15.3 Å². The second kappa shape index (κ2) is 6.22. The van der Waals surface area contributed by atoms with Crippen molar-refractivity contribution >= 4 is 0 Å². The second-order valence-electron chi connectivity index (χ2n) is 4.82. The first-order valence-electron chi connectivity index (χ1n) is 5.86. The van der Waals surface area contributed by atoms with E-state index in [1.807, 2.05) is 19.0 Å². The van der Waals surface area contributed by atoms with Crippen molar-refractivity contribution < 1.29 is 13.9 Å². The third-order valence-corrected chi connectivity index (χ3v) is 2.94. The number of nitrogens with one attached hydrogen (secondary N) is 1. The molecule has 0 aliphatic heterocycles. The van der Waals surface area contributed by atoms with Crippen LogP contribution in [0.4, 0.5) is 8.78 Å². The Morgan fingerprint density at radius 1 is 1.33 bits per heavy atom. The highest BCUT2D eigenvalue weighted by atomic mass is 19.2. The van der Waals surface area contributed by atoms with Crippen molar-refractivity contribution in [1.29, 1.82) is 0 Å². The Hall–Kier alpha value is -1.04. The largest absolute Gasteiger partial charge is 0.394 e. The third-order valence-electron chi connectivity index (χ3n) is 2.94. The number of rotatable bonds is 6. The van der Waals surface area contributed by atoms with Crippen LogP contribution < -0.4 is 5.32 Å². The van der Waals surface area contributed by atoms with Crippen LogP contribution in [0.1, 0.15) is 12.5 Å². The summed E-state index contributed by atoms with van der Waals surface area (Å²) in [5, 5.41) is 12.5. The highest BCUT2D eigenvalue weighted by Gasteiger charge is 2.29. The van der Waals surface area contributed by atoms with Crippen molar-refractivity contribution in [3.8, 4) is 0 Å². The maximum Gasteiger partial charge on any atom is 0.163 e. The van der Waals surface area contributed by atoms with Gasteiger partial charge in [-0.3, -0.25) is 0 Å². The second-order valence-corrected chi connectivity index (χ2v) is 4.82. The van der Waals surface area contributed by atoms with Gasteiger partial charge in [-0.1, -0.05) is 12.1 Å². The molecule has 1 rings (SSSR count). The molecule has 1 unspecified atom stereocenters. The van der Waals surface area contributed by atoms with E-state index in [2.05, 4.69) is 5.32 Å². The molecule has 0 saturated carbocycles. The SMILES string of the molecule is CN(C)CCNC(C)(CO)c1cccc(F)c1F. The monoisotopic (exact) mass is 258 g/mol. The molecule has 0 aliphatic rings. The summed E-state index contributed by atoms with van der Waals surface area (Å²) in [5.74, 6) is -1.81. The Morgan fingerprint density at radius 2 is 2.00 bits per heavy atom. The normalized spacial score (nSPS) is 14.8. The lowest BCUT2D eigenvalue weighted by atomic mass is 9.92. The summed E-state index contributed by atoms with van der Waals surface area (Å²) < 4.78 is 26.9. The minimum absolute atomic E-state index is 0.142. The van der Waals surface area contributed by atoms with Crippen LogP contribution in [0.15, 0.2) is 18.2 Å². The standard InChI is InChI=1S/C13H20F2N2O/c1-13(9-18,16-7-8-17(2)3)10-5-4-6-11(14)12(10)15/h4-6,16,18H,7-9H2,1-3H3. The van der Waals surface area contributed by atoms with Crippen LogP contribution in [-0.4, -0.2) is 43.8 Å². The molecule has 1 aromatic rings. The van der Waals surface area contributed by atoms with Gasteiger partial charge in [0.2, 0.25) is 0 Å². The van der Waals surface area contributed by atoms with Crippen molar-refractivity contribution in [2.45, 2.75) is 12.5 Å². The average molecular weight is 258 g/mol. The van der Waals surface area contributed by atoms with Crippen molar-refractivity contribution in [1.82, 2.24) is 10.2 Å². The molecule has 0 saturated heterocycles. The van der Waals surface area contributed by atoms with Gasteiger partial charge in [-0.25, -0.2) is 8.78 Å². The van der Waals surface area contributed by atoms with E-state index >= 15 is 0 Å². The predicted octanol–water partition coefficient (Wildman–Crippen LogP) is 1.32. The Balaban J connectivity index is 2.89. The van der Waals surface area contributed by atoms with Crippen molar-refractivity contribution in [2.24, 2.45) is 0 Å². The first-order chi connectivity index (χ1) is 8.40. The summed E-state index contributed by atoms with van der Waals surface area (Å²) >= 11 is 0. The maximum atomic E-state index is 13.7. The van der Waals surface area contributed by atoms with Crippen molar-refractivity contribution in [3.05, 3.63) is 35.4 Å². The van der Waals surface area contributed by atoms with Crippen molar-refractivity contribution in [2.75, 3.05) is 33.8 Å². The van der Waals surface area contributed by atoms with Crippen LogP contribution in [0.3, 0.4) is 0 Å². The Kier molecular flexibility index (Phi) is 5.19. The van der Waals surface area contributed by atoms with Crippen LogP contribution in [0, 0.1) is 11.6 Å². The van der Waals surface area contributed by atoms with Crippen LogP contribution >= 0.6 is 0 Å². The fourth-order valence-electron chi connectivity index (χ4n) is 1.72. The number of aliphatic hydroxyl groups is 1. The Morgan fingerprint density at radius 3 is 2.56 bits per heavy atom. The fraction of sp³-hybridized carbons (Fsp3) is 0.538. The number of likely N-dealkylation sites (N-methyl/N-ethyl adjacent to an activating group) is 1. The maximum absolute atomic E-state index is 13.7. The lowest BCUT2D eigenvalue weighted by molar-refractivity contribution is 0.167. The van der Waals surface area contributed by atoms with E-state index in [0.717, 1.165) is 12.6 Å². The zero-order valence-corrected chi connectivity index (χ0v) is 11.0. The Labute approximate surface area is 106 Å². The van der Waals surface area contributed by atoms with Gasteiger partial charge in [-0.05, 0) is 27.1 Å². The van der Waals surface area contributed by atoms with E-state index in [-0.39, 0.29) is 12.2 Å². The first kappa shape index (κ1) is 15.0. The van der Waals surface area contributed by atoms with E-state index in [9.17, 15) is 13.9 Å². The van der Waals surface area contributed by atoms with Gasteiger partial charge in [-0.15, -0.1) is 0 Å². The predicted molar refractivity (Wildman–Crippen MR) is 67.4 cm³/mol. The zero-order valence-electron chi connectivity index (χ0n) is 11.0. The molecule has 0 spiro atoms. The summed E-state index contributed by atoms with van der Waals surface area (Å²) in [6.07, 6.45) is 0. The molecule has 0 radical (unpaired) electrons. The number of hydrogen-bond donors (Lipinski definition) is 2. The van der Waals surface area contributed by atoms with Crippen LogP contribution in [0.25, 0.3) is 0 Å². The average Bonchev–Trinajstić information content (AvgIpc) is 2.32. The third kappa shape index (κ3) is 3.48. The van der Waals surface area contributed by atoms with E-state index in [4.69, 9.17) is 0 Å². The van der Waals surface area contributed by atoms with Gasteiger partial charge in [0, 0.05) is 18.7 Å². The molecule has 3 nitrogen and oxygen atoms in total. The summed E-state index contributed by atoms with van der Waals surface area (Å²) in [6, 6.07) is 3.99. The number of nitrogens with zero attached hydrogens (tertiary/aromatic N) is 1. The number of halogens is 2. The molecule has 0 bridgehead atoms. The van der Waals surface area contributed by atoms with Crippen molar-refractivity contribution in [3.63, 3.8) is 0 Å².